The maximum absolute atomic E-state index is 13.7. The molecule has 1 aromatic heterocycles. The average Bonchev–Trinajstić information content (AvgIpc) is 3.16. The molecule has 12 heteroatoms. The number of nitrogens with zero attached hydrogens (tertiary/aromatic N) is 4. The summed E-state index contributed by atoms with van der Waals surface area (Å²) in [4.78, 5) is 33.9. The first-order chi connectivity index (χ1) is 18.1. The lowest BCUT2D eigenvalue weighted by Crippen LogP contribution is -2.39. The molecule has 4 rings (SSSR count). The highest BCUT2D eigenvalue weighted by Crippen LogP contribution is 2.34. The van der Waals surface area contributed by atoms with Gasteiger partial charge in [0.25, 0.3) is 5.91 Å². The molecule has 38 heavy (non-hydrogen) atoms. The Morgan fingerprint density at radius 1 is 1.11 bits per heavy atom. The number of imidazole rings is 1. The minimum atomic E-state index is -3.38. The summed E-state index contributed by atoms with van der Waals surface area (Å²) < 4.78 is 44.1. The Balaban J connectivity index is 1.77. The van der Waals surface area contributed by atoms with Gasteiger partial charge in [0.15, 0.2) is 11.5 Å². The lowest BCUT2D eigenvalue weighted by molar-refractivity contribution is -0.159. The number of methoxy groups -OCH3 is 1. The molecular formula is C26H27ClF2N4O5. The number of aromatic nitrogens is 2. The molecular weight excluding hydrogens is 522 g/mol. The Labute approximate surface area is 223 Å². The zero-order valence-electron chi connectivity index (χ0n) is 21.1. The molecule has 2 aromatic carbocycles. The van der Waals surface area contributed by atoms with Crippen molar-refractivity contribution >= 4 is 29.2 Å². The lowest BCUT2D eigenvalue weighted by Gasteiger charge is -2.21. The maximum Gasteiger partial charge on any atom is 0.394 e. The van der Waals surface area contributed by atoms with Crippen LogP contribution >= 0.6 is 11.6 Å². The van der Waals surface area contributed by atoms with Crippen LogP contribution in [0.15, 0.2) is 48.5 Å². The number of hydrogen-bond donors (Lipinski definition) is 0. The van der Waals surface area contributed by atoms with Gasteiger partial charge < -0.3 is 19.1 Å². The highest BCUT2D eigenvalue weighted by atomic mass is 35.5. The van der Waals surface area contributed by atoms with Gasteiger partial charge in [-0.05, 0) is 36.2 Å². The number of rotatable bonds is 10. The van der Waals surface area contributed by atoms with Gasteiger partial charge in [-0.15, -0.1) is 0 Å². The number of ether oxygens (including phenoxy) is 3. The quantitative estimate of drug-likeness (QED) is 0.338. The van der Waals surface area contributed by atoms with Gasteiger partial charge >= 0.3 is 12.1 Å². The van der Waals surface area contributed by atoms with Crippen molar-refractivity contribution in [3.63, 3.8) is 0 Å². The average molecular weight is 549 g/mol. The van der Waals surface area contributed by atoms with Crippen molar-refractivity contribution in [1.82, 2.24) is 14.5 Å². The number of carbonyl (C=O) groups excluding carboxylic acids is 2. The number of carbonyl (C=O) groups is 2. The molecule has 0 N–H and O–H groups in total. The second-order valence-corrected chi connectivity index (χ2v) is 9.23. The first-order valence-corrected chi connectivity index (χ1v) is 12.2. The van der Waals surface area contributed by atoms with E-state index in [-0.39, 0.29) is 48.0 Å². The Morgan fingerprint density at radius 2 is 1.82 bits per heavy atom. The van der Waals surface area contributed by atoms with Crippen LogP contribution in [0, 0.1) is 0 Å². The molecule has 0 aliphatic carbocycles. The number of amides is 2. The van der Waals surface area contributed by atoms with Gasteiger partial charge in [0, 0.05) is 45.3 Å². The molecule has 0 unspecified atom stereocenters. The second kappa shape index (κ2) is 11.4. The monoisotopic (exact) mass is 548 g/mol. The Hall–Kier alpha value is -3.70. The van der Waals surface area contributed by atoms with E-state index in [1.807, 2.05) is 0 Å². The summed E-state index contributed by atoms with van der Waals surface area (Å²) in [6.45, 7) is 1.41. The van der Waals surface area contributed by atoms with E-state index in [0.29, 0.717) is 31.5 Å². The summed E-state index contributed by atoms with van der Waals surface area (Å²) in [6, 6.07) is 12.7. The van der Waals surface area contributed by atoms with Crippen molar-refractivity contribution < 1.29 is 32.6 Å². The van der Waals surface area contributed by atoms with Crippen molar-refractivity contribution in [2.45, 2.75) is 26.0 Å². The molecule has 0 bridgehead atoms. The molecule has 0 radical (unpaired) electrons. The lowest BCUT2D eigenvalue weighted by atomic mass is 10.2. The molecule has 0 fully saturated rings. The molecule has 0 saturated heterocycles. The highest BCUT2D eigenvalue weighted by Gasteiger charge is 2.36. The van der Waals surface area contributed by atoms with Gasteiger partial charge in [-0.3, -0.25) is 19.1 Å². The Bertz CT molecular complexity index is 1310. The number of halogens is 3. The smallest absolute Gasteiger partial charge is 0.394 e. The van der Waals surface area contributed by atoms with Crippen molar-refractivity contribution in [2.24, 2.45) is 0 Å². The van der Waals surface area contributed by atoms with E-state index in [2.05, 4.69) is 9.72 Å². The first-order valence-electron chi connectivity index (χ1n) is 11.8. The summed E-state index contributed by atoms with van der Waals surface area (Å²) in [7, 11) is 3.10. The van der Waals surface area contributed by atoms with Crippen molar-refractivity contribution in [1.29, 1.82) is 0 Å². The van der Waals surface area contributed by atoms with E-state index in [9.17, 15) is 18.4 Å². The molecule has 3 aromatic rings. The van der Waals surface area contributed by atoms with Gasteiger partial charge in [-0.1, -0.05) is 29.8 Å². The van der Waals surface area contributed by atoms with E-state index in [1.165, 1.54) is 35.0 Å². The van der Waals surface area contributed by atoms with Crippen LogP contribution in [-0.2, 0) is 16.1 Å². The van der Waals surface area contributed by atoms with E-state index < -0.39 is 12.0 Å². The number of anilines is 1. The Morgan fingerprint density at radius 3 is 2.50 bits per heavy atom. The normalized spacial score (nSPS) is 13.9. The summed E-state index contributed by atoms with van der Waals surface area (Å²) in [5.41, 5.74) is 0.951. The van der Waals surface area contributed by atoms with Crippen LogP contribution in [0.1, 0.15) is 29.4 Å². The largest absolute Gasteiger partial charge is 0.433 e. The predicted octanol–water partition coefficient (Wildman–Crippen LogP) is 4.82. The molecule has 0 atom stereocenters. The summed E-state index contributed by atoms with van der Waals surface area (Å²) in [5.74, 6) is -0.543. The van der Waals surface area contributed by atoms with Crippen LogP contribution in [0.25, 0.3) is 0 Å². The van der Waals surface area contributed by atoms with Crippen LogP contribution in [0.3, 0.4) is 0 Å². The van der Waals surface area contributed by atoms with Crippen LogP contribution < -0.4 is 14.4 Å². The van der Waals surface area contributed by atoms with Crippen LogP contribution in [0.5, 0.6) is 17.5 Å². The maximum atomic E-state index is 13.7. The fourth-order valence-corrected chi connectivity index (χ4v) is 4.09. The fraction of sp³-hybridized carbons (Fsp3) is 0.346. The van der Waals surface area contributed by atoms with Crippen molar-refractivity contribution in [3.8, 4) is 17.5 Å². The number of alkyl halides is 2. The highest BCUT2D eigenvalue weighted by molar-refractivity contribution is 6.30. The zero-order chi connectivity index (χ0) is 27.4. The molecule has 9 nitrogen and oxygen atoms in total. The van der Waals surface area contributed by atoms with Crippen LogP contribution in [0.4, 0.5) is 14.6 Å². The molecule has 0 saturated carbocycles. The summed E-state index contributed by atoms with van der Waals surface area (Å²) in [6.07, 6.45) is -2.84. The molecule has 202 valence electrons. The third-order valence-electron chi connectivity index (χ3n) is 5.76. The standard InChI is InChI=1S/C26H27ClF2N4O5/c1-26(28,29)38-20-7-4-6-19(14-20)37-25-30-23-22(33(25)15-17-8-10-18(27)11-9-17)24(35)32(12-5-13-36-3)16-21(34)31(23)2/h4,6-11,14H,5,12-13,15-16H2,1-3H3. The number of hydrogen-bond acceptors (Lipinski definition) is 6. The molecule has 2 heterocycles. The third-order valence-corrected chi connectivity index (χ3v) is 6.02. The first kappa shape index (κ1) is 27.3. The molecule has 2 amide bonds. The summed E-state index contributed by atoms with van der Waals surface area (Å²) >= 11 is 6.04. The fourth-order valence-electron chi connectivity index (χ4n) is 3.97. The zero-order valence-corrected chi connectivity index (χ0v) is 21.9. The topological polar surface area (TPSA) is 86.1 Å². The predicted molar refractivity (Wildman–Crippen MR) is 136 cm³/mol. The Kier molecular flexibility index (Phi) is 8.17. The van der Waals surface area contributed by atoms with Crippen LogP contribution in [0.2, 0.25) is 5.02 Å². The van der Waals surface area contributed by atoms with Gasteiger partial charge in [-0.2, -0.15) is 13.8 Å². The third kappa shape index (κ3) is 6.40. The molecule has 0 spiro atoms. The van der Waals surface area contributed by atoms with Gasteiger partial charge in [0.1, 0.15) is 18.0 Å². The van der Waals surface area contributed by atoms with Gasteiger partial charge in [0.2, 0.25) is 5.91 Å². The molecule has 1 aliphatic heterocycles. The SMILES string of the molecule is COCCCN1CC(=O)N(C)c2nc(Oc3cccc(OC(C)(F)F)c3)n(Cc3ccc(Cl)cc3)c2C1=O. The van der Waals surface area contributed by atoms with E-state index in [4.69, 9.17) is 21.1 Å². The minimum absolute atomic E-state index is 0.00269. The van der Waals surface area contributed by atoms with Crippen LogP contribution in [-0.4, -0.2) is 66.2 Å². The summed E-state index contributed by atoms with van der Waals surface area (Å²) in [5, 5.41) is 0.546. The number of fused-ring (bicyclic) bond motifs is 1. The van der Waals surface area contributed by atoms with E-state index >= 15 is 0 Å². The van der Waals surface area contributed by atoms with E-state index in [1.54, 1.807) is 42.0 Å². The minimum Gasteiger partial charge on any atom is -0.433 e. The molecule has 1 aliphatic rings. The number of likely N-dealkylation sites (N-methyl/N-ethyl adjacent to an activating group) is 1. The van der Waals surface area contributed by atoms with Gasteiger partial charge in [-0.25, -0.2) is 0 Å². The van der Waals surface area contributed by atoms with E-state index in [0.717, 1.165) is 5.56 Å². The number of benzene rings is 2. The van der Waals surface area contributed by atoms with Crippen molar-refractivity contribution in [3.05, 3.63) is 64.8 Å². The van der Waals surface area contributed by atoms with Crippen molar-refractivity contribution in [2.75, 3.05) is 38.8 Å². The van der Waals surface area contributed by atoms with Gasteiger partial charge in [0.05, 0.1) is 6.54 Å². The second-order valence-electron chi connectivity index (χ2n) is 8.79.